The van der Waals surface area contributed by atoms with Crippen LogP contribution in [-0.2, 0) is 0 Å². The molecular weight excluding hydrogens is 134 g/mol. The topological polar surface area (TPSA) is 12.0 Å². The van der Waals surface area contributed by atoms with E-state index < -0.39 is 0 Å². The first-order chi connectivity index (χ1) is 5.29. The highest BCUT2D eigenvalue weighted by Gasteiger charge is 2.03. The lowest BCUT2D eigenvalue weighted by Crippen LogP contribution is -2.04. The fourth-order valence-corrected chi connectivity index (χ4v) is 1.38. The molecular formula is C10H19N. The molecule has 0 radical (unpaired) electrons. The van der Waals surface area contributed by atoms with E-state index in [1.807, 2.05) is 0 Å². The van der Waals surface area contributed by atoms with Crippen LogP contribution in [0.3, 0.4) is 0 Å². The van der Waals surface area contributed by atoms with E-state index in [2.05, 4.69) is 25.2 Å². The molecule has 1 aliphatic rings. The van der Waals surface area contributed by atoms with Gasteiger partial charge in [-0.3, -0.25) is 0 Å². The van der Waals surface area contributed by atoms with Gasteiger partial charge in [-0.2, -0.15) is 0 Å². The Kier molecular flexibility index (Phi) is 3.64. The van der Waals surface area contributed by atoms with Gasteiger partial charge in [-0.05, 0) is 31.7 Å². The normalized spacial score (nSPS) is 21.9. The van der Waals surface area contributed by atoms with Crippen LogP contribution in [0.4, 0.5) is 0 Å². The van der Waals surface area contributed by atoms with Gasteiger partial charge in [0.1, 0.15) is 0 Å². The van der Waals surface area contributed by atoms with Gasteiger partial charge >= 0.3 is 0 Å². The SMILES string of the molecule is CC(C)CC/C=C1/CCNC1. The quantitative estimate of drug-likeness (QED) is 0.614. The molecule has 0 aromatic rings. The van der Waals surface area contributed by atoms with Gasteiger partial charge in [0.25, 0.3) is 0 Å². The molecule has 0 aromatic heterocycles. The number of nitrogens with one attached hydrogen (secondary N) is 1. The average Bonchev–Trinajstić information content (AvgIpc) is 2.39. The van der Waals surface area contributed by atoms with Crippen molar-refractivity contribution in [3.8, 4) is 0 Å². The minimum absolute atomic E-state index is 0.848. The molecule has 0 amide bonds. The van der Waals surface area contributed by atoms with E-state index in [-0.39, 0.29) is 0 Å². The summed E-state index contributed by atoms with van der Waals surface area (Å²) in [5.41, 5.74) is 1.62. The van der Waals surface area contributed by atoms with Crippen molar-refractivity contribution in [3.05, 3.63) is 11.6 Å². The van der Waals surface area contributed by atoms with Crippen molar-refractivity contribution in [2.24, 2.45) is 5.92 Å². The van der Waals surface area contributed by atoms with Gasteiger partial charge in [0, 0.05) is 6.54 Å². The first-order valence-corrected chi connectivity index (χ1v) is 4.67. The molecule has 1 saturated heterocycles. The molecule has 1 heterocycles. The van der Waals surface area contributed by atoms with Gasteiger partial charge in [0.05, 0.1) is 0 Å². The first-order valence-electron chi connectivity index (χ1n) is 4.67. The molecule has 1 fully saturated rings. The third-order valence-corrected chi connectivity index (χ3v) is 2.15. The maximum atomic E-state index is 3.34. The Morgan fingerprint density at radius 2 is 2.36 bits per heavy atom. The largest absolute Gasteiger partial charge is 0.313 e. The Morgan fingerprint density at radius 3 is 2.91 bits per heavy atom. The highest BCUT2D eigenvalue weighted by Crippen LogP contribution is 2.10. The molecule has 1 rings (SSSR count). The lowest BCUT2D eigenvalue weighted by Gasteiger charge is -2.00. The highest BCUT2D eigenvalue weighted by molar-refractivity contribution is 5.08. The van der Waals surface area contributed by atoms with E-state index >= 15 is 0 Å². The Labute approximate surface area is 69.9 Å². The summed E-state index contributed by atoms with van der Waals surface area (Å²) in [6.07, 6.45) is 6.30. The second-order valence-electron chi connectivity index (χ2n) is 3.76. The van der Waals surface area contributed by atoms with Crippen molar-refractivity contribution < 1.29 is 0 Å². The van der Waals surface area contributed by atoms with Gasteiger partial charge < -0.3 is 5.32 Å². The van der Waals surface area contributed by atoms with E-state index in [1.54, 1.807) is 5.57 Å². The molecule has 1 aliphatic heterocycles. The maximum absolute atomic E-state index is 3.34. The van der Waals surface area contributed by atoms with Gasteiger partial charge in [0.2, 0.25) is 0 Å². The van der Waals surface area contributed by atoms with Gasteiger partial charge in [-0.1, -0.05) is 25.5 Å². The van der Waals surface area contributed by atoms with Crippen LogP contribution in [0.5, 0.6) is 0 Å². The second-order valence-corrected chi connectivity index (χ2v) is 3.76. The third-order valence-electron chi connectivity index (χ3n) is 2.15. The molecule has 0 saturated carbocycles. The Hall–Kier alpha value is -0.300. The first kappa shape index (κ1) is 8.79. The van der Waals surface area contributed by atoms with Crippen LogP contribution >= 0.6 is 0 Å². The van der Waals surface area contributed by atoms with E-state index in [1.165, 1.54) is 25.8 Å². The molecule has 0 bridgehead atoms. The molecule has 0 aromatic carbocycles. The average molecular weight is 153 g/mol. The van der Waals surface area contributed by atoms with Crippen molar-refractivity contribution in [1.82, 2.24) is 5.32 Å². The van der Waals surface area contributed by atoms with Crippen molar-refractivity contribution >= 4 is 0 Å². The summed E-state index contributed by atoms with van der Waals surface area (Å²) >= 11 is 0. The summed E-state index contributed by atoms with van der Waals surface area (Å²) in [7, 11) is 0. The monoisotopic (exact) mass is 153 g/mol. The summed E-state index contributed by atoms with van der Waals surface area (Å²) in [6, 6.07) is 0. The maximum Gasteiger partial charge on any atom is 0.0165 e. The van der Waals surface area contributed by atoms with Gasteiger partial charge in [-0.25, -0.2) is 0 Å². The van der Waals surface area contributed by atoms with Crippen molar-refractivity contribution in [3.63, 3.8) is 0 Å². The molecule has 1 heteroatoms. The fourth-order valence-electron chi connectivity index (χ4n) is 1.38. The zero-order valence-electron chi connectivity index (χ0n) is 7.69. The number of hydrogen-bond donors (Lipinski definition) is 1. The van der Waals surface area contributed by atoms with Gasteiger partial charge in [-0.15, -0.1) is 0 Å². The Bertz CT molecular complexity index is 128. The number of hydrogen-bond acceptors (Lipinski definition) is 1. The predicted octanol–water partition coefficient (Wildman–Crippen LogP) is 2.34. The minimum atomic E-state index is 0.848. The lowest BCUT2D eigenvalue weighted by atomic mass is 10.1. The molecule has 64 valence electrons. The van der Waals surface area contributed by atoms with Crippen LogP contribution in [0.1, 0.15) is 33.1 Å². The standard InChI is InChI=1S/C10H19N/c1-9(2)4-3-5-10-6-7-11-8-10/h5,9,11H,3-4,6-8H2,1-2H3/b10-5-. The van der Waals surface area contributed by atoms with Crippen molar-refractivity contribution in [1.29, 1.82) is 0 Å². The summed E-state index contributed by atoms with van der Waals surface area (Å²) in [6.45, 7) is 6.89. The van der Waals surface area contributed by atoms with E-state index in [0.29, 0.717) is 0 Å². The molecule has 0 unspecified atom stereocenters. The van der Waals surface area contributed by atoms with E-state index in [4.69, 9.17) is 0 Å². The van der Waals surface area contributed by atoms with Gasteiger partial charge in [0.15, 0.2) is 0 Å². The third kappa shape index (κ3) is 3.57. The summed E-state index contributed by atoms with van der Waals surface area (Å²) < 4.78 is 0. The summed E-state index contributed by atoms with van der Waals surface area (Å²) in [5, 5.41) is 3.34. The number of allylic oxidation sites excluding steroid dienone is 1. The van der Waals surface area contributed by atoms with E-state index in [9.17, 15) is 0 Å². The van der Waals surface area contributed by atoms with Crippen molar-refractivity contribution in [2.45, 2.75) is 33.1 Å². The lowest BCUT2D eigenvalue weighted by molar-refractivity contribution is 0.593. The molecule has 0 atom stereocenters. The zero-order chi connectivity index (χ0) is 8.10. The van der Waals surface area contributed by atoms with Crippen molar-refractivity contribution in [2.75, 3.05) is 13.1 Å². The molecule has 0 aliphatic carbocycles. The fraction of sp³-hybridized carbons (Fsp3) is 0.800. The number of rotatable bonds is 3. The zero-order valence-corrected chi connectivity index (χ0v) is 7.69. The Balaban J connectivity index is 2.13. The van der Waals surface area contributed by atoms with Crippen LogP contribution in [0.15, 0.2) is 11.6 Å². The molecule has 1 N–H and O–H groups in total. The highest BCUT2D eigenvalue weighted by atomic mass is 14.9. The van der Waals surface area contributed by atoms with Crippen LogP contribution in [0.25, 0.3) is 0 Å². The minimum Gasteiger partial charge on any atom is -0.313 e. The second kappa shape index (κ2) is 4.55. The molecule has 1 nitrogen and oxygen atoms in total. The summed E-state index contributed by atoms with van der Waals surface area (Å²) in [4.78, 5) is 0. The van der Waals surface area contributed by atoms with Crippen LogP contribution in [0, 0.1) is 5.92 Å². The smallest absolute Gasteiger partial charge is 0.0165 e. The Morgan fingerprint density at radius 1 is 1.55 bits per heavy atom. The van der Waals surface area contributed by atoms with Crippen LogP contribution in [0.2, 0.25) is 0 Å². The summed E-state index contributed by atoms with van der Waals surface area (Å²) in [5.74, 6) is 0.848. The van der Waals surface area contributed by atoms with Crippen LogP contribution in [-0.4, -0.2) is 13.1 Å². The molecule has 0 spiro atoms. The van der Waals surface area contributed by atoms with E-state index in [0.717, 1.165) is 12.5 Å². The van der Waals surface area contributed by atoms with Crippen LogP contribution < -0.4 is 5.32 Å². The molecule has 11 heavy (non-hydrogen) atoms. The predicted molar refractivity (Wildman–Crippen MR) is 49.6 cm³/mol.